The first kappa shape index (κ1) is 26.2. The van der Waals surface area contributed by atoms with Crippen LogP contribution in [0.2, 0.25) is 0 Å². The standard InChI is InChI=1S/C33H28O5/c1-22(2)32(34)37-30-17-11-27(12-18-30)25-7-5-24(6-8-25)21-36-29-15-9-26(10-16-29)28-13-19-31(20-14-28)38-33(35)23(3)4/h5-20H,1,3,21H2,2,4H3. The van der Waals surface area contributed by atoms with Gasteiger partial charge in [0.05, 0.1) is 0 Å². The van der Waals surface area contributed by atoms with Crippen LogP contribution in [-0.2, 0) is 16.2 Å². The minimum atomic E-state index is -0.439. The van der Waals surface area contributed by atoms with Crippen LogP contribution in [0.3, 0.4) is 0 Å². The van der Waals surface area contributed by atoms with Crippen molar-refractivity contribution in [3.05, 3.63) is 127 Å². The number of ether oxygens (including phenoxy) is 3. The Hall–Kier alpha value is -4.90. The lowest BCUT2D eigenvalue weighted by atomic mass is 10.0. The lowest BCUT2D eigenvalue weighted by Crippen LogP contribution is -2.07. The van der Waals surface area contributed by atoms with Gasteiger partial charge in [-0.25, -0.2) is 9.59 Å². The van der Waals surface area contributed by atoms with Crippen LogP contribution < -0.4 is 14.2 Å². The zero-order chi connectivity index (χ0) is 27.1. The Morgan fingerprint density at radius 1 is 0.526 bits per heavy atom. The minimum Gasteiger partial charge on any atom is -0.489 e. The highest BCUT2D eigenvalue weighted by Crippen LogP contribution is 2.26. The molecule has 4 aromatic carbocycles. The zero-order valence-electron chi connectivity index (χ0n) is 21.4. The van der Waals surface area contributed by atoms with Gasteiger partial charge < -0.3 is 14.2 Å². The second-order valence-corrected chi connectivity index (χ2v) is 8.90. The van der Waals surface area contributed by atoms with Crippen molar-refractivity contribution in [2.45, 2.75) is 20.5 Å². The van der Waals surface area contributed by atoms with E-state index in [0.717, 1.165) is 33.6 Å². The molecule has 0 radical (unpaired) electrons. The maximum absolute atomic E-state index is 11.7. The van der Waals surface area contributed by atoms with E-state index in [1.807, 2.05) is 72.8 Å². The number of carbonyl (C=O) groups excluding carboxylic acids is 2. The fourth-order valence-electron chi connectivity index (χ4n) is 3.52. The quantitative estimate of drug-likeness (QED) is 0.134. The van der Waals surface area contributed by atoms with Crippen LogP contribution in [0.25, 0.3) is 22.3 Å². The summed E-state index contributed by atoms with van der Waals surface area (Å²) in [6.07, 6.45) is 0. The molecule has 5 heteroatoms. The van der Waals surface area contributed by atoms with E-state index < -0.39 is 11.9 Å². The van der Waals surface area contributed by atoms with E-state index in [4.69, 9.17) is 14.2 Å². The van der Waals surface area contributed by atoms with Gasteiger partial charge in [-0.3, -0.25) is 0 Å². The molecule has 0 heterocycles. The molecule has 0 aromatic heterocycles. The fourth-order valence-corrected chi connectivity index (χ4v) is 3.52. The van der Waals surface area contributed by atoms with E-state index in [1.165, 1.54) is 0 Å². The predicted molar refractivity (Wildman–Crippen MR) is 149 cm³/mol. The van der Waals surface area contributed by atoms with E-state index in [2.05, 4.69) is 13.2 Å². The molecule has 0 aliphatic carbocycles. The maximum Gasteiger partial charge on any atom is 0.338 e. The van der Waals surface area contributed by atoms with Crippen molar-refractivity contribution < 1.29 is 23.8 Å². The van der Waals surface area contributed by atoms with E-state index in [0.29, 0.717) is 29.3 Å². The third kappa shape index (κ3) is 6.86. The molecule has 0 aliphatic heterocycles. The summed E-state index contributed by atoms with van der Waals surface area (Å²) in [6, 6.07) is 30.7. The second-order valence-electron chi connectivity index (χ2n) is 8.90. The number of carbonyl (C=O) groups is 2. The minimum absolute atomic E-state index is 0.357. The van der Waals surface area contributed by atoms with Crippen molar-refractivity contribution in [2.24, 2.45) is 0 Å². The Balaban J connectivity index is 1.31. The van der Waals surface area contributed by atoms with Gasteiger partial charge in [0.25, 0.3) is 0 Å². The molecule has 0 atom stereocenters. The van der Waals surface area contributed by atoms with E-state index >= 15 is 0 Å². The molecule has 5 nitrogen and oxygen atoms in total. The van der Waals surface area contributed by atoms with E-state index in [9.17, 15) is 9.59 Å². The molecule has 0 bridgehead atoms. The third-order valence-electron chi connectivity index (χ3n) is 5.71. The first-order valence-electron chi connectivity index (χ1n) is 12.1. The predicted octanol–water partition coefficient (Wildman–Crippen LogP) is 7.56. The van der Waals surface area contributed by atoms with Crippen molar-refractivity contribution in [3.63, 3.8) is 0 Å². The summed E-state index contributed by atoms with van der Waals surface area (Å²) >= 11 is 0. The molecule has 38 heavy (non-hydrogen) atoms. The molecule has 0 fully saturated rings. The fraction of sp³-hybridized carbons (Fsp3) is 0.0909. The monoisotopic (exact) mass is 504 g/mol. The number of esters is 2. The van der Waals surface area contributed by atoms with Crippen LogP contribution in [0.1, 0.15) is 19.4 Å². The Labute approximate surface area is 222 Å². The van der Waals surface area contributed by atoms with Crippen LogP contribution in [-0.4, -0.2) is 11.9 Å². The van der Waals surface area contributed by atoms with Gasteiger partial charge in [0.1, 0.15) is 23.9 Å². The van der Waals surface area contributed by atoms with Gasteiger partial charge in [0.2, 0.25) is 0 Å². The summed E-state index contributed by atoms with van der Waals surface area (Å²) in [6.45, 7) is 10.9. The molecule has 0 amide bonds. The number of hydrogen-bond acceptors (Lipinski definition) is 5. The van der Waals surface area contributed by atoms with E-state index in [-0.39, 0.29) is 0 Å². The number of benzene rings is 4. The van der Waals surface area contributed by atoms with Crippen LogP contribution in [0.5, 0.6) is 17.2 Å². The Kier molecular flexibility index (Phi) is 8.19. The number of rotatable bonds is 9. The molecule has 4 aromatic rings. The normalized spacial score (nSPS) is 10.4. The number of hydrogen-bond donors (Lipinski definition) is 0. The highest BCUT2D eigenvalue weighted by Gasteiger charge is 2.07. The van der Waals surface area contributed by atoms with Crippen LogP contribution in [0.15, 0.2) is 121 Å². The Morgan fingerprint density at radius 2 is 0.842 bits per heavy atom. The maximum atomic E-state index is 11.7. The first-order chi connectivity index (χ1) is 18.3. The molecule has 0 saturated carbocycles. The summed E-state index contributed by atoms with van der Waals surface area (Å²) in [5.41, 5.74) is 5.86. The van der Waals surface area contributed by atoms with Gasteiger partial charge >= 0.3 is 11.9 Å². The van der Waals surface area contributed by atoms with Crippen molar-refractivity contribution in [1.29, 1.82) is 0 Å². The zero-order valence-corrected chi connectivity index (χ0v) is 21.4. The molecule has 4 rings (SSSR count). The van der Waals surface area contributed by atoms with Gasteiger partial charge in [0.15, 0.2) is 0 Å². The smallest absolute Gasteiger partial charge is 0.338 e. The van der Waals surface area contributed by atoms with Gasteiger partial charge in [-0.1, -0.05) is 73.8 Å². The van der Waals surface area contributed by atoms with Gasteiger partial charge in [-0.2, -0.15) is 0 Å². The van der Waals surface area contributed by atoms with Crippen molar-refractivity contribution in [2.75, 3.05) is 0 Å². The van der Waals surface area contributed by atoms with Crippen molar-refractivity contribution in [3.8, 4) is 39.5 Å². The lowest BCUT2D eigenvalue weighted by Gasteiger charge is -2.10. The van der Waals surface area contributed by atoms with Crippen LogP contribution in [0, 0.1) is 0 Å². The molecule has 0 unspecified atom stereocenters. The molecule has 190 valence electrons. The van der Waals surface area contributed by atoms with E-state index in [1.54, 1.807) is 38.1 Å². The lowest BCUT2D eigenvalue weighted by molar-refractivity contribution is -0.130. The van der Waals surface area contributed by atoms with Crippen molar-refractivity contribution >= 4 is 11.9 Å². The second kappa shape index (κ2) is 11.9. The molecular formula is C33H28O5. The largest absolute Gasteiger partial charge is 0.489 e. The Bertz CT molecular complexity index is 1330. The van der Waals surface area contributed by atoms with Gasteiger partial charge in [-0.15, -0.1) is 0 Å². The summed E-state index contributed by atoms with van der Waals surface area (Å²) in [4.78, 5) is 23.3. The van der Waals surface area contributed by atoms with Gasteiger partial charge in [0, 0.05) is 11.1 Å². The van der Waals surface area contributed by atoms with Crippen LogP contribution >= 0.6 is 0 Å². The third-order valence-corrected chi connectivity index (χ3v) is 5.71. The van der Waals surface area contributed by atoms with Crippen LogP contribution in [0.4, 0.5) is 0 Å². The molecule has 0 aliphatic rings. The highest BCUT2D eigenvalue weighted by atomic mass is 16.5. The summed E-state index contributed by atoms with van der Waals surface area (Å²) in [5, 5.41) is 0. The summed E-state index contributed by atoms with van der Waals surface area (Å²) < 4.78 is 16.4. The summed E-state index contributed by atoms with van der Waals surface area (Å²) in [5.74, 6) is 0.859. The summed E-state index contributed by atoms with van der Waals surface area (Å²) in [7, 11) is 0. The Morgan fingerprint density at radius 3 is 1.18 bits per heavy atom. The molecule has 0 saturated heterocycles. The topological polar surface area (TPSA) is 61.8 Å². The highest BCUT2D eigenvalue weighted by molar-refractivity contribution is 5.89. The molecule has 0 N–H and O–H groups in total. The van der Waals surface area contributed by atoms with Crippen molar-refractivity contribution in [1.82, 2.24) is 0 Å². The first-order valence-corrected chi connectivity index (χ1v) is 12.1. The van der Waals surface area contributed by atoms with Gasteiger partial charge in [-0.05, 0) is 78.1 Å². The molecular weight excluding hydrogens is 476 g/mol. The average Bonchev–Trinajstić information content (AvgIpc) is 2.93. The SMILES string of the molecule is C=C(C)C(=O)Oc1ccc(-c2ccc(COc3ccc(-c4ccc(OC(=O)C(=C)C)cc4)cc3)cc2)cc1. The molecule has 0 spiro atoms. The average molecular weight is 505 g/mol.